The summed E-state index contributed by atoms with van der Waals surface area (Å²) in [7, 11) is 0. The molecule has 2 aromatic heterocycles. The number of benzene rings is 2. The van der Waals surface area contributed by atoms with Gasteiger partial charge in [0.1, 0.15) is 0 Å². The van der Waals surface area contributed by atoms with E-state index in [1.807, 2.05) is 40.2 Å². The number of fused-ring (bicyclic) bond motifs is 3. The van der Waals surface area contributed by atoms with Crippen LogP contribution < -0.4 is 0 Å². The molecule has 0 amide bonds. The van der Waals surface area contributed by atoms with E-state index in [1.165, 1.54) is 12.1 Å². The summed E-state index contributed by atoms with van der Waals surface area (Å²) in [5.41, 5.74) is 1.18. The van der Waals surface area contributed by atoms with Crippen molar-refractivity contribution in [2.75, 3.05) is 0 Å². The lowest BCUT2D eigenvalue weighted by Gasteiger charge is -2.01. The molecule has 0 radical (unpaired) electrons. The summed E-state index contributed by atoms with van der Waals surface area (Å²) in [6.07, 6.45) is 0. The maximum Gasteiger partial charge on any atom is 0.290 e. The summed E-state index contributed by atoms with van der Waals surface area (Å²) in [6, 6.07) is 11.3. The lowest BCUT2D eigenvalue weighted by Crippen LogP contribution is -1.95. The SMILES string of the molecule is CCn1c2ccccc2n2c(Sc3ccc([N+](=O)[O-])cc3[N+](=O)[O-])nnc12. The van der Waals surface area contributed by atoms with Crippen molar-refractivity contribution in [2.45, 2.75) is 23.5 Å². The molecule has 0 bridgehead atoms. The van der Waals surface area contributed by atoms with E-state index in [0.29, 0.717) is 17.5 Å². The monoisotopic (exact) mass is 384 g/mol. The van der Waals surface area contributed by atoms with E-state index in [2.05, 4.69) is 10.2 Å². The second kappa shape index (κ2) is 6.36. The van der Waals surface area contributed by atoms with Crippen LogP contribution in [0.2, 0.25) is 0 Å². The van der Waals surface area contributed by atoms with Crippen molar-refractivity contribution in [3.63, 3.8) is 0 Å². The molecular formula is C16H12N6O4S. The average Bonchev–Trinajstić information content (AvgIpc) is 3.19. The fourth-order valence-electron chi connectivity index (χ4n) is 2.96. The van der Waals surface area contributed by atoms with Gasteiger partial charge in [-0.15, -0.1) is 10.2 Å². The molecule has 4 aromatic rings. The van der Waals surface area contributed by atoms with Gasteiger partial charge in [0, 0.05) is 12.6 Å². The maximum absolute atomic E-state index is 11.4. The van der Waals surface area contributed by atoms with Crippen LogP contribution in [0.1, 0.15) is 6.92 Å². The van der Waals surface area contributed by atoms with Crippen LogP contribution in [-0.2, 0) is 6.54 Å². The molecule has 0 N–H and O–H groups in total. The third kappa shape index (κ3) is 2.68. The fourth-order valence-corrected chi connectivity index (χ4v) is 3.89. The van der Waals surface area contributed by atoms with E-state index in [1.54, 1.807) is 0 Å². The quantitative estimate of drug-likeness (QED) is 0.380. The highest BCUT2D eigenvalue weighted by atomic mass is 32.2. The van der Waals surface area contributed by atoms with Crippen molar-refractivity contribution in [1.29, 1.82) is 0 Å². The Balaban J connectivity index is 1.88. The molecule has 4 rings (SSSR count). The van der Waals surface area contributed by atoms with Gasteiger partial charge in [0.2, 0.25) is 10.9 Å². The molecule has 0 unspecified atom stereocenters. The highest BCUT2D eigenvalue weighted by molar-refractivity contribution is 7.99. The van der Waals surface area contributed by atoms with Crippen molar-refractivity contribution in [1.82, 2.24) is 19.2 Å². The van der Waals surface area contributed by atoms with Crippen LogP contribution in [0.4, 0.5) is 11.4 Å². The predicted molar refractivity (Wildman–Crippen MR) is 98.0 cm³/mol. The van der Waals surface area contributed by atoms with Gasteiger partial charge in [-0.3, -0.25) is 24.6 Å². The van der Waals surface area contributed by atoms with Crippen molar-refractivity contribution in [2.24, 2.45) is 0 Å². The van der Waals surface area contributed by atoms with Gasteiger partial charge >= 0.3 is 0 Å². The predicted octanol–water partition coefficient (Wildman–Crippen LogP) is 3.67. The average molecular weight is 384 g/mol. The molecule has 10 nitrogen and oxygen atoms in total. The minimum Gasteiger partial charge on any atom is -0.309 e. The minimum absolute atomic E-state index is 0.258. The number of nitro groups is 2. The van der Waals surface area contributed by atoms with Crippen LogP contribution in [0.3, 0.4) is 0 Å². The molecular weight excluding hydrogens is 372 g/mol. The van der Waals surface area contributed by atoms with Crippen molar-refractivity contribution in [3.8, 4) is 0 Å². The lowest BCUT2D eigenvalue weighted by atomic mass is 10.3. The fraction of sp³-hybridized carbons (Fsp3) is 0.125. The number of nitro benzene ring substituents is 2. The summed E-state index contributed by atoms with van der Waals surface area (Å²) in [6.45, 7) is 2.69. The number of hydrogen-bond acceptors (Lipinski definition) is 7. The molecule has 0 spiro atoms. The number of aromatic nitrogens is 4. The van der Waals surface area contributed by atoms with E-state index in [0.717, 1.165) is 28.9 Å². The smallest absolute Gasteiger partial charge is 0.290 e. The molecule has 11 heteroatoms. The van der Waals surface area contributed by atoms with E-state index in [9.17, 15) is 20.2 Å². The first-order chi connectivity index (χ1) is 13.0. The molecule has 0 saturated heterocycles. The highest BCUT2D eigenvalue weighted by Gasteiger charge is 2.23. The number of rotatable bonds is 5. The van der Waals surface area contributed by atoms with E-state index in [4.69, 9.17) is 0 Å². The van der Waals surface area contributed by atoms with Gasteiger partial charge in [-0.1, -0.05) is 12.1 Å². The van der Waals surface area contributed by atoms with Crippen LogP contribution in [0.5, 0.6) is 0 Å². The van der Waals surface area contributed by atoms with Crippen molar-refractivity contribution in [3.05, 3.63) is 62.7 Å². The summed E-state index contributed by atoms with van der Waals surface area (Å²) in [5, 5.41) is 31.1. The largest absolute Gasteiger partial charge is 0.309 e. The van der Waals surface area contributed by atoms with Crippen LogP contribution in [0.15, 0.2) is 52.5 Å². The standard InChI is InChI=1S/C16H12N6O4S/c1-2-19-11-5-3-4-6-12(11)20-15(19)17-18-16(20)27-14-8-7-10(21(23)24)9-13(14)22(25)26/h3-9H,2H2,1H3. The van der Waals surface area contributed by atoms with E-state index < -0.39 is 9.85 Å². The highest BCUT2D eigenvalue weighted by Crippen LogP contribution is 2.37. The number of imidazole rings is 1. The topological polar surface area (TPSA) is 121 Å². The first-order valence-corrected chi connectivity index (χ1v) is 8.76. The van der Waals surface area contributed by atoms with Crippen LogP contribution in [0.25, 0.3) is 16.8 Å². The minimum atomic E-state index is -0.661. The van der Waals surface area contributed by atoms with Crippen LogP contribution >= 0.6 is 11.8 Å². The molecule has 0 aliphatic heterocycles. The zero-order valence-electron chi connectivity index (χ0n) is 14.0. The third-order valence-corrected chi connectivity index (χ3v) is 5.15. The molecule has 27 heavy (non-hydrogen) atoms. The Morgan fingerprint density at radius 3 is 2.44 bits per heavy atom. The Bertz CT molecular complexity index is 1210. The lowest BCUT2D eigenvalue weighted by molar-refractivity contribution is -0.396. The molecule has 0 saturated carbocycles. The van der Waals surface area contributed by atoms with E-state index in [-0.39, 0.29) is 16.3 Å². The molecule has 0 aliphatic carbocycles. The second-order valence-electron chi connectivity index (χ2n) is 5.62. The Labute approximate surface area is 155 Å². The maximum atomic E-state index is 11.4. The van der Waals surface area contributed by atoms with Gasteiger partial charge in [0.05, 0.1) is 31.8 Å². The Morgan fingerprint density at radius 1 is 1.04 bits per heavy atom. The van der Waals surface area contributed by atoms with Crippen LogP contribution in [-0.4, -0.2) is 29.0 Å². The van der Waals surface area contributed by atoms with Crippen LogP contribution in [0, 0.1) is 20.2 Å². The Morgan fingerprint density at radius 2 is 1.78 bits per heavy atom. The summed E-state index contributed by atoms with van der Waals surface area (Å²) >= 11 is 1.05. The van der Waals surface area contributed by atoms with Gasteiger partial charge in [-0.25, -0.2) is 0 Å². The first-order valence-electron chi connectivity index (χ1n) is 7.94. The number of non-ortho nitro benzene ring substituents is 1. The molecule has 136 valence electrons. The number of para-hydroxylation sites is 2. The zero-order valence-corrected chi connectivity index (χ0v) is 14.8. The molecule has 2 aromatic carbocycles. The van der Waals surface area contributed by atoms with Gasteiger partial charge in [0.15, 0.2) is 0 Å². The van der Waals surface area contributed by atoms with Gasteiger partial charge in [-0.05, 0) is 36.9 Å². The van der Waals surface area contributed by atoms with Crippen molar-refractivity contribution >= 4 is 39.9 Å². The first kappa shape index (κ1) is 17.0. The summed E-state index contributed by atoms with van der Waals surface area (Å²) < 4.78 is 3.82. The molecule has 2 heterocycles. The molecule has 0 aliphatic rings. The second-order valence-corrected chi connectivity index (χ2v) is 6.63. The number of nitrogens with zero attached hydrogens (tertiary/aromatic N) is 6. The van der Waals surface area contributed by atoms with Crippen molar-refractivity contribution < 1.29 is 9.85 Å². The van der Waals surface area contributed by atoms with Gasteiger partial charge in [-0.2, -0.15) is 0 Å². The number of aryl methyl sites for hydroxylation is 1. The number of hydrogen-bond donors (Lipinski definition) is 0. The van der Waals surface area contributed by atoms with Gasteiger partial charge < -0.3 is 4.57 Å². The Kier molecular flexibility index (Phi) is 4.00. The Hall–Kier alpha value is -3.47. The summed E-state index contributed by atoms with van der Waals surface area (Å²) in [4.78, 5) is 21.2. The summed E-state index contributed by atoms with van der Waals surface area (Å²) in [5.74, 6) is 0.630. The molecule has 0 fully saturated rings. The molecule has 0 atom stereocenters. The van der Waals surface area contributed by atoms with Gasteiger partial charge in [0.25, 0.3) is 11.4 Å². The van der Waals surface area contributed by atoms with E-state index >= 15 is 0 Å². The normalized spacial score (nSPS) is 11.3. The zero-order chi connectivity index (χ0) is 19.1. The third-order valence-electron chi connectivity index (χ3n) is 4.14.